The summed E-state index contributed by atoms with van der Waals surface area (Å²) in [5.41, 5.74) is 5.72. The Bertz CT molecular complexity index is 925. The Hall–Kier alpha value is -2.80. The molecule has 7 heteroatoms. The van der Waals surface area contributed by atoms with Crippen LogP contribution in [0.25, 0.3) is 0 Å². The van der Waals surface area contributed by atoms with E-state index < -0.39 is 17.9 Å². The lowest BCUT2D eigenvalue weighted by atomic mass is 9.95. The second-order valence-corrected chi connectivity index (χ2v) is 8.49. The molecule has 1 amide bonds. The molecule has 0 saturated heterocycles. The molecule has 2 aromatic rings. The summed E-state index contributed by atoms with van der Waals surface area (Å²) in [4.78, 5) is 33.0. The van der Waals surface area contributed by atoms with E-state index in [0.29, 0.717) is 12.2 Å². The number of ether oxygens (including phenoxy) is 1. The van der Waals surface area contributed by atoms with E-state index in [9.17, 15) is 14.7 Å². The molecule has 0 unspecified atom stereocenters. The smallest absolute Gasteiger partial charge is 0.326 e. The summed E-state index contributed by atoms with van der Waals surface area (Å²) in [6.07, 6.45) is 10.9. The predicted molar refractivity (Wildman–Crippen MR) is 122 cm³/mol. The highest BCUT2D eigenvalue weighted by Crippen LogP contribution is 2.20. The van der Waals surface area contributed by atoms with Crippen LogP contribution in [0.15, 0.2) is 24.5 Å². The lowest BCUT2D eigenvalue weighted by Crippen LogP contribution is -2.42. The maximum absolute atomic E-state index is 12.6. The first-order chi connectivity index (χ1) is 15.5. The van der Waals surface area contributed by atoms with E-state index in [0.717, 1.165) is 48.9 Å². The number of carboxylic acid groups (broad SMARTS) is 1. The lowest BCUT2D eigenvalue weighted by molar-refractivity contribution is -0.139. The van der Waals surface area contributed by atoms with Gasteiger partial charge in [-0.15, -0.1) is 0 Å². The number of nitrogens with zero attached hydrogens (tertiary/aromatic N) is 2. The molecule has 1 aliphatic rings. The van der Waals surface area contributed by atoms with Crippen molar-refractivity contribution >= 4 is 11.9 Å². The number of carbonyl (C=O) groups is 2. The predicted octanol–water partition coefficient (Wildman–Crippen LogP) is 3.58. The van der Waals surface area contributed by atoms with Crippen molar-refractivity contribution in [3.05, 3.63) is 58.2 Å². The van der Waals surface area contributed by atoms with Gasteiger partial charge in [-0.25, -0.2) is 4.79 Å². The molecule has 0 radical (unpaired) electrons. The number of carboxylic acids is 1. The molecule has 2 heterocycles. The van der Waals surface area contributed by atoms with E-state index in [2.05, 4.69) is 22.4 Å². The van der Waals surface area contributed by atoms with Crippen LogP contribution in [0.5, 0.6) is 0 Å². The molecule has 0 fully saturated rings. The van der Waals surface area contributed by atoms with Crippen LogP contribution < -0.4 is 5.32 Å². The Balaban J connectivity index is 1.36. The van der Waals surface area contributed by atoms with Crippen LogP contribution in [-0.2, 0) is 28.8 Å². The van der Waals surface area contributed by atoms with E-state index in [1.165, 1.54) is 24.1 Å². The minimum absolute atomic E-state index is 0.219. The first-order valence-electron chi connectivity index (χ1n) is 11.5. The van der Waals surface area contributed by atoms with E-state index in [1.807, 2.05) is 0 Å². The zero-order valence-electron chi connectivity index (χ0n) is 19.0. The molecule has 0 bridgehead atoms. The molecule has 1 atom stereocenters. The molecule has 0 aliphatic heterocycles. The Labute approximate surface area is 189 Å². The van der Waals surface area contributed by atoms with Gasteiger partial charge in [0.05, 0.1) is 0 Å². The number of aryl methyl sites for hydroxylation is 5. The van der Waals surface area contributed by atoms with Gasteiger partial charge in [-0.3, -0.25) is 14.8 Å². The number of carbonyl (C=O) groups excluding carboxylic acids is 1. The average Bonchev–Trinajstić information content (AvgIpc) is 2.77. The van der Waals surface area contributed by atoms with Crippen LogP contribution in [0.2, 0.25) is 0 Å². The number of rotatable bonds is 11. The van der Waals surface area contributed by atoms with Crippen LogP contribution in [0.1, 0.15) is 70.5 Å². The van der Waals surface area contributed by atoms with Crippen molar-refractivity contribution in [1.29, 1.82) is 0 Å². The highest BCUT2D eigenvalue weighted by molar-refractivity contribution is 5.98. The van der Waals surface area contributed by atoms with Crippen LogP contribution in [0.4, 0.5) is 0 Å². The molecular weight excluding hydrogens is 406 g/mol. The molecule has 0 spiro atoms. The summed E-state index contributed by atoms with van der Waals surface area (Å²) in [7, 11) is 0. The van der Waals surface area contributed by atoms with Crippen LogP contribution in [0.3, 0.4) is 0 Å². The summed E-state index contributed by atoms with van der Waals surface area (Å²) in [5, 5.41) is 12.1. The molecule has 172 valence electrons. The van der Waals surface area contributed by atoms with Crippen molar-refractivity contribution < 1.29 is 19.4 Å². The summed E-state index contributed by atoms with van der Waals surface area (Å²) in [6, 6.07) is 3.37. The molecular formula is C25H33N3O4. The number of pyridine rings is 2. The van der Waals surface area contributed by atoms with Gasteiger partial charge < -0.3 is 15.2 Å². The number of fused-ring (bicyclic) bond motifs is 1. The highest BCUT2D eigenvalue weighted by Gasteiger charge is 2.22. The minimum atomic E-state index is -1.07. The SMILES string of the molecule is Cc1cncc(C)c1C(=O)N[C@H](CCOCCCCc1ccc2c(n1)CCCC2)C(=O)O. The number of nitrogens with one attached hydrogen (secondary N) is 1. The van der Waals surface area contributed by atoms with Gasteiger partial charge in [-0.2, -0.15) is 0 Å². The highest BCUT2D eigenvalue weighted by atomic mass is 16.5. The fourth-order valence-electron chi connectivity index (χ4n) is 4.13. The molecule has 0 aromatic carbocycles. The van der Waals surface area contributed by atoms with Gasteiger partial charge in [-0.05, 0) is 81.5 Å². The Morgan fingerprint density at radius 2 is 1.84 bits per heavy atom. The maximum atomic E-state index is 12.6. The first kappa shape index (κ1) is 23.9. The number of aromatic nitrogens is 2. The zero-order valence-corrected chi connectivity index (χ0v) is 19.0. The molecule has 7 nitrogen and oxygen atoms in total. The van der Waals surface area contributed by atoms with E-state index in [1.54, 1.807) is 26.2 Å². The van der Waals surface area contributed by atoms with Crippen LogP contribution >= 0.6 is 0 Å². The number of hydrogen-bond acceptors (Lipinski definition) is 5. The third kappa shape index (κ3) is 6.60. The van der Waals surface area contributed by atoms with Crippen LogP contribution in [0, 0.1) is 13.8 Å². The fraction of sp³-hybridized carbons (Fsp3) is 0.520. The topological polar surface area (TPSA) is 101 Å². The quantitative estimate of drug-likeness (QED) is 0.519. The van der Waals surface area contributed by atoms with Gasteiger partial charge in [0, 0.05) is 49.0 Å². The van der Waals surface area contributed by atoms with Crippen molar-refractivity contribution in [1.82, 2.24) is 15.3 Å². The molecule has 32 heavy (non-hydrogen) atoms. The second-order valence-electron chi connectivity index (χ2n) is 8.49. The maximum Gasteiger partial charge on any atom is 0.326 e. The molecule has 2 N–H and O–H groups in total. The van der Waals surface area contributed by atoms with E-state index in [4.69, 9.17) is 9.72 Å². The van der Waals surface area contributed by atoms with Crippen molar-refractivity contribution in [3.63, 3.8) is 0 Å². The second kappa shape index (κ2) is 11.7. The van der Waals surface area contributed by atoms with Gasteiger partial charge in [0.25, 0.3) is 5.91 Å². The Morgan fingerprint density at radius 1 is 1.09 bits per heavy atom. The monoisotopic (exact) mass is 439 g/mol. The fourth-order valence-corrected chi connectivity index (χ4v) is 4.13. The standard InChI is InChI=1S/C25H33N3O4/c1-17-15-26-16-18(2)23(17)24(29)28-22(25(30)31)12-14-32-13-6-5-8-20-11-10-19-7-3-4-9-21(19)27-20/h10-11,15-16,22H,3-9,12-14H2,1-2H3,(H,28,29)(H,30,31)/t22-/m1/s1. The van der Waals surface area contributed by atoms with Crippen LogP contribution in [-0.4, -0.2) is 46.2 Å². The van der Waals surface area contributed by atoms with Gasteiger partial charge in [-0.1, -0.05) is 6.07 Å². The third-order valence-electron chi connectivity index (χ3n) is 5.91. The zero-order chi connectivity index (χ0) is 22.9. The first-order valence-corrected chi connectivity index (χ1v) is 11.5. The number of unbranched alkanes of at least 4 members (excludes halogenated alkanes) is 1. The molecule has 3 rings (SSSR count). The number of hydrogen-bond donors (Lipinski definition) is 2. The Kier molecular flexibility index (Phi) is 8.73. The third-order valence-corrected chi connectivity index (χ3v) is 5.91. The van der Waals surface area contributed by atoms with Gasteiger partial charge >= 0.3 is 5.97 Å². The van der Waals surface area contributed by atoms with Crippen molar-refractivity contribution in [2.45, 2.75) is 71.3 Å². The molecule has 0 saturated carbocycles. The van der Waals surface area contributed by atoms with Crippen molar-refractivity contribution in [2.75, 3.05) is 13.2 Å². The number of aliphatic carboxylic acids is 1. The van der Waals surface area contributed by atoms with Gasteiger partial charge in [0.15, 0.2) is 0 Å². The van der Waals surface area contributed by atoms with Gasteiger partial charge in [0.2, 0.25) is 0 Å². The largest absolute Gasteiger partial charge is 0.480 e. The summed E-state index contributed by atoms with van der Waals surface area (Å²) < 4.78 is 5.63. The van der Waals surface area contributed by atoms with E-state index in [-0.39, 0.29) is 13.0 Å². The van der Waals surface area contributed by atoms with Crippen molar-refractivity contribution in [3.8, 4) is 0 Å². The summed E-state index contributed by atoms with van der Waals surface area (Å²) in [6.45, 7) is 4.41. The number of amides is 1. The Morgan fingerprint density at radius 3 is 2.59 bits per heavy atom. The van der Waals surface area contributed by atoms with Gasteiger partial charge in [0.1, 0.15) is 6.04 Å². The lowest BCUT2D eigenvalue weighted by Gasteiger charge is -2.16. The summed E-state index contributed by atoms with van der Waals surface area (Å²) in [5.74, 6) is -1.46. The van der Waals surface area contributed by atoms with E-state index >= 15 is 0 Å². The summed E-state index contributed by atoms with van der Waals surface area (Å²) >= 11 is 0. The minimum Gasteiger partial charge on any atom is -0.480 e. The average molecular weight is 440 g/mol. The normalized spacial score (nSPS) is 13.9. The molecule has 1 aliphatic carbocycles. The van der Waals surface area contributed by atoms with Crippen molar-refractivity contribution in [2.24, 2.45) is 0 Å². The molecule has 2 aromatic heterocycles.